The van der Waals surface area contributed by atoms with Gasteiger partial charge in [0.2, 0.25) is 0 Å². The van der Waals surface area contributed by atoms with Gasteiger partial charge in [-0.2, -0.15) is 0 Å². The van der Waals surface area contributed by atoms with Crippen molar-refractivity contribution in [1.29, 1.82) is 0 Å². The Hall–Kier alpha value is -1.13. The maximum Gasteiger partial charge on any atom is 0.328 e. The summed E-state index contributed by atoms with van der Waals surface area (Å²) in [7, 11) is 2.16. The van der Waals surface area contributed by atoms with Crippen molar-refractivity contribution in [3.05, 3.63) is 28.0 Å². The summed E-state index contributed by atoms with van der Waals surface area (Å²) in [6.45, 7) is 0.968. The van der Waals surface area contributed by atoms with E-state index in [9.17, 15) is 4.79 Å². The second-order valence-corrected chi connectivity index (χ2v) is 5.68. The second kappa shape index (κ2) is 5.47. The van der Waals surface area contributed by atoms with Crippen molar-refractivity contribution in [1.82, 2.24) is 4.90 Å². The molecule has 1 aliphatic carbocycles. The molecule has 0 spiro atoms. The Morgan fingerprint density at radius 1 is 1.59 bits per heavy atom. The van der Waals surface area contributed by atoms with E-state index in [0.717, 1.165) is 17.5 Å². The van der Waals surface area contributed by atoms with E-state index in [1.54, 1.807) is 17.4 Å². The monoisotopic (exact) mass is 251 g/mol. The van der Waals surface area contributed by atoms with Crippen LogP contribution >= 0.6 is 11.3 Å². The van der Waals surface area contributed by atoms with Gasteiger partial charge in [0.15, 0.2) is 0 Å². The van der Waals surface area contributed by atoms with Crippen LogP contribution in [0, 0.1) is 0 Å². The minimum Gasteiger partial charge on any atom is -0.478 e. The smallest absolute Gasteiger partial charge is 0.328 e. The molecule has 1 heterocycles. The number of aliphatic carboxylic acids is 1. The lowest BCUT2D eigenvalue weighted by molar-refractivity contribution is -0.131. The Labute approximate surface area is 105 Å². The number of hydrogen-bond donors (Lipinski definition) is 1. The second-order valence-electron chi connectivity index (χ2n) is 4.48. The Bertz CT molecular complexity index is 421. The quantitative estimate of drug-likeness (QED) is 0.818. The molecule has 1 fully saturated rings. The molecule has 92 valence electrons. The average Bonchev–Trinajstić information content (AvgIpc) is 2.59. The van der Waals surface area contributed by atoms with Crippen molar-refractivity contribution in [2.45, 2.75) is 31.8 Å². The maximum atomic E-state index is 10.4. The van der Waals surface area contributed by atoms with Gasteiger partial charge in [0, 0.05) is 28.4 Å². The summed E-state index contributed by atoms with van der Waals surface area (Å²) in [6.07, 6.45) is 6.82. The standard InChI is InChI=1S/C13H17NO2S/c1-14(10-3-2-4-10)9-12-6-5-11(17-12)7-8-13(15)16/h5-8,10H,2-4,9H2,1H3,(H,15,16)/b8-7+. The summed E-state index contributed by atoms with van der Waals surface area (Å²) < 4.78 is 0. The van der Waals surface area contributed by atoms with Gasteiger partial charge >= 0.3 is 5.97 Å². The molecule has 4 heteroatoms. The molecule has 17 heavy (non-hydrogen) atoms. The summed E-state index contributed by atoms with van der Waals surface area (Å²) in [4.78, 5) is 15.1. The van der Waals surface area contributed by atoms with Gasteiger partial charge in [-0.3, -0.25) is 4.90 Å². The predicted molar refractivity (Wildman–Crippen MR) is 70.1 cm³/mol. The number of carbonyl (C=O) groups is 1. The minimum absolute atomic E-state index is 0.745. The fraction of sp³-hybridized carbons (Fsp3) is 0.462. The van der Waals surface area contributed by atoms with Crippen LogP contribution in [0.5, 0.6) is 0 Å². The van der Waals surface area contributed by atoms with Crippen molar-refractivity contribution in [2.24, 2.45) is 0 Å². The average molecular weight is 251 g/mol. The SMILES string of the molecule is CN(Cc1ccc(/C=C/C(=O)O)s1)C1CCC1. The van der Waals surface area contributed by atoms with Crippen LogP contribution in [0.3, 0.4) is 0 Å². The fourth-order valence-electron chi connectivity index (χ4n) is 1.92. The molecule has 3 nitrogen and oxygen atoms in total. The highest BCUT2D eigenvalue weighted by atomic mass is 32.1. The van der Waals surface area contributed by atoms with Crippen molar-refractivity contribution in [3.63, 3.8) is 0 Å². The summed E-state index contributed by atoms with van der Waals surface area (Å²) in [5, 5.41) is 8.55. The highest BCUT2D eigenvalue weighted by molar-refractivity contribution is 7.12. The zero-order valence-corrected chi connectivity index (χ0v) is 10.7. The maximum absolute atomic E-state index is 10.4. The molecule has 0 saturated heterocycles. The Kier molecular flexibility index (Phi) is 3.97. The third kappa shape index (κ3) is 3.41. The zero-order valence-electron chi connectivity index (χ0n) is 9.93. The molecule has 0 aliphatic heterocycles. The van der Waals surface area contributed by atoms with Crippen molar-refractivity contribution < 1.29 is 9.90 Å². The summed E-state index contributed by atoms with van der Waals surface area (Å²) in [5.41, 5.74) is 0. The van der Waals surface area contributed by atoms with Crippen molar-refractivity contribution in [2.75, 3.05) is 7.05 Å². The molecule has 1 saturated carbocycles. The van der Waals surface area contributed by atoms with Crippen molar-refractivity contribution >= 4 is 23.4 Å². The molecule has 0 unspecified atom stereocenters. The van der Waals surface area contributed by atoms with Crippen LogP contribution in [0.25, 0.3) is 6.08 Å². The van der Waals surface area contributed by atoms with Gasteiger partial charge in [-0.1, -0.05) is 6.42 Å². The van der Waals surface area contributed by atoms with E-state index in [1.807, 2.05) is 6.07 Å². The number of rotatable bonds is 5. The summed E-state index contributed by atoms with van der Waals surface area (Å²) >= 11 is 1.66. The van der Waals surface area contributed by atoms with Crippen molar-refractivity contribution in [3.8, 4) is 0 Å². The van der Waals surface area contributed by atoms with Crippen LogP contribution in [-0.4, -0.2) is 29.1 Å². The predicted octanol–water partition coefficient (Wildman–Crippen LogP) is 2.83. The molecule has 0 aromatic carbocycles. The molecule has 1 aromatic heterocycles. The van der Waals surface area contributed by atoms with Crippen LogP contribution in [0.4, 0.5) is 0 Å². The van der Waals surface area contributed by atoms with Crippen LogP contribution in [-0.2, 0) is 11.3 Å². The first-order chi connectivity index (χ1) is 8.15. The molecule has 0 atom stereocenters. The van der Waals surface area contributed by atoms with Gasteiger partial charge in [-0.05, 0) is 38.1 Å². The molecule has 0 bridgehead atoms. The molecule has 1 aromatic rings. The van der Waals surface area contributed by atoms with Gasteiger partial charge in [0.25, 0.3) is 0 Å². The number of carboxylic acid groups (broad SMARTS) is 1. The van der Waals surface area contributed by atoms with Gasteiger partial charge in [-0.25, -0.2) is 4.79 Å². The van der Waals surface area contributed by atoms with Gasteiger partial charge in [-0.15, -0.1) is 11.3 Å². The lowest BCUT2D eigenvalue weighted by atomic mass is 9.92. The number of thiophene rings is 1. The normalized spacial score (nSPS) is 16.6. The zero-order chi connectivity index (χ0) is 12.3. The number of nitrogens with zero attached hydrogens (tertiary/aromatic N) is 1. The molecular weight excluding hydrogens is 234 g/mol. The first kappa shape index (κ1) is 12.3. The minimum atomic E-state index is -0.897. The first-order valence-electron chi connectivity index (χ1n) is 5.85. The number of carboxylic acids is 1. The van der Waals surface area contributed by atoms with Crippen LogP contribution in [0.15, 0.2) is 18.2 Å². The third-order valence-electron chi connectivity index (χ3n) is 3.18. The Morgan fingerprint density at radius 2 is 2.35 bits per heavy atom. The summed E-state index contributed by atoms with van der Waals surface area (Å²) in [5.74, 6) is -0.897. The molecule has 0 radical (unpaired) electrons. The van der Waals surface area contributed by atoms with E-state index in [0.29, 0.717) is 0 Å². The topological polar surface area (TPSA) is 40.5 Å². The molecule has 2 rings (SSSR count). The highest BCUT2D eigenvalue weighted by Crippen LogP contribution is 2.26. The Morgan fingerprint density at radius 3 is 2.94 bits per heavy atom. The van der Waals surface area contributed by atoms with Gasteiger partial charge in [0.05, 0.1) is 0 Å². The first-order valence-corrected chi connectivity index (χ1v) is 6.67. The van der Waals surface area contributed by atoms with E-state index in [-0.39, 0.29) is 0 Å². The van der Waals surface area contributed by atoms with E-state index in [4.69, 9.17) is 5.11 Å². The molecular formula is C13H17NO2S. The van der Waals surface area contributed by atoms with E-state index in [2.05, 4.69) is 18.0 Å². The van der Waals surface area contributed by atoms with Crippen LogP contribution in [0.1, 0.15) is 29.0 Å². The molecule has 1 N–H and O–H groups in total. The lowest BCUT2D eigenvalue weighted by Crippen LogP contribution is -2.36. The molecule has 1 aliphatic rings. The third-order valence-corrected chi connectivity index (χ3v) is 4.21. The fourth-order valence-corrected chi connectivity index (χ4v) is 2.90. The van der Waals surface area contributed by atoms with Crippen LogP contribution < -0.4 is 0 Å². The molecule has 0 amide bonds. The van der Waals surface area contributed by atoms with Gasteiger partial charge in [0.1, 0.15) is 0 Å². The Balaban J connectivity index is 1.91. The van der Waals surface area contributed by atoms with E-state index < -0.39 is 5.97 Å². The summed E-state index contributed by atoms with van der Waals surface area (Å²) in [6, 6.07) is 4.81. The van der Waals surface area contributed by atoms with Gasteiger partial charge < -0.3 is 5.11 Å². The van der Waals surface area contributed by atoms with E-state index >= 15 is 0 Å². The lowest BCUT2D eigenvalue weighted by Gasteiger charge is -2.34. The largest absolute Gasteiger partial charge is 0.478 e. The number of hydrogen-bond acceptors (Lipinski definition) is 3. The van der Waals surface area contributed by atoms with E-state index in [1.165, 1.54) is 30.2 Å². The van der Waals surface area contributed by atoms with Crippen LogP contribution in [0.2, 0.25) is 0 Å². The highest BCUT2D eigenvalue weighted by Gasteiger charge is 2.21.